The van der Waals surface area contributed by atoms with Crippen LogP contribution in [-0.4, -0.2) is 28.8 Å². The van der Waals surface area contributed by atoms with Crippen molar-refractivity contribution in [2.24, 2.45) is 17.6 Å². The number of nitrogens with zero attached hydrogens (tertiary/aromatic N) is 1. The number of hydrogen-bond donors (Lipinski definition) is 1. The lowest BCUT2D eigenvalue weighted by Crippen LogP contribution is -2.56. The fraction of sp³-hybridized carbons (Fsp3) is 0.818. The third kappa shape index (κ3) is 1.24. The second-order valence-corrected chi connectivity index (χ2v) is 4.60. The molecule has 1 saturated heterocycles. The van der Waals surface area contributed by atoms with Gasteiger partial charge in [0.2, 0.25) is 11.8 Å². The molecule has 1 aliphatic heterocycles. The SMILES string of the molecule is CCC(CC)(CN)N1C(=O)C2CC2C1=O. The first-order valence-electron chi connectivity index (χ1n) is 5.69. The zero-order valence-corrected chi connectivity index (χ0v) is 9.32. The Morgan fingerprint density at radius 2 is 1.73 bits per heavy atom. The quantitative estimate of drug-likeness (QED) is 0.688. The van der Waals surface area contributed by atoms with Gasteiger partial charge in [-0.3, -0.25) is 14.5 Å². The summed E-state index contributed by atoms with van der Waals surface area (Å²) in [5, 5.41) is 0. The zero-order chi connectivity index (χ0) is 11.2. The molecule has 1 saturated carbocycles. The molecule has 2 N–H and O–H groups in total. The molecule has 15 heavy (non-hydrogen) atoms. The van der Waals surface area contributed by atoms with E-state index in [-0.39, 0.29) is 23.7 Å². The lowest BCUT2D eigenvalue weighted by molar-refractivity contribution is -0.149. The molecule has 2 aliphatic rings. The van der Waals surface area contributed by atoms with Crippen molar-refractivity contribution in [3.63, 3.8) is 0 Å². The highest BCUT2D eigenvalue weighted by Gasteiger charge is 2.62. The summed E-state index contributed by atoms with van der Waals surface area (Å²) >= 11 is 0. The van der Waals surface area contributed by atoms with Crippen LogP contribution in [0.4, 0.5) is 0 Å². The van der Waals surface area contributed by atoms with Gasteiger partial charge in [-0.05, 0) is 19.3 Å². The third-order valence-corrected chi connectivity index (χ3v) is 4.04. The molecule has 2 atom stereocenters. The number of amides is 2. The van der Waals surface area contributed by atoms with E-state index < -0.39 is 5.54 Å². The van der Waals surface area contributed by atoms with Crippen molar-refractivity contribution < 1.29 is 9.59 Å². The molecule has 0 radical (unpaired) electrons. The van der Waals surface area contributed by atoms with Gasteiger partial charge in [-0.2, -0.15) is 0 Å². The largest absolute Gasteiger partial charge is 0.328 e. The van der Waals surface area contributed by atoms with Gasteiger partial charge in [0, 0.05) is 6.54 Å². The van der Waals surface area contributed by atoms with Crippen LogP contribution in [-0.2, 0) is 9.59 Å². The highest BCUT2D eigenvalue weighted by Crippen LogP contribution is 2.49. The molecule has 2 fully saturated rings. The summed E-state index contributed by atoms with van der Waals surface area (Å²) in [7, 11) is 0. The number of rotatable bonds is 4. The van der Waals surface area contributed by atoms with E-state index in [2.05, 4.69) is 0 Å². The molecule has 0 aromatic rings. The van der Waals surface area contributed by atoms with Crippen molar-refractivity contribution in [1.29, 1.82) is 0 Å². The minimum Gasteiger partial charge on any atom is -0.328 e. The Balaban J connectivity index is 2.29. The zero-order valence-electron chi connectivity index (χ0n) is 9.32. The maximum Gasteiger partial charge on any atom is 0.233 e. The maximum atomic E-state index is 11.9. The van der Waals surface area contributed by atoms with Gasteiger partial charge >= 0.3 is 0 Å². The van der Waals surface area contributed by atoms with Crippen LogP contribution >= 0.6 is 0 Å². The highest BCUT2D eigenvalue weighted by atomic mass is 16.2. The molecule has 0 aromatic carbocycles. The number of piperidine rings is 1. The van der Waals surface area contributed by atoms with Crippen molar-refractivity contribution in [2.45, 2.75) is 38.6 Å². The monoisotopic (exact) mass is 210 g/mol. The lowest BCUT2D eigenvalue weighted by Gasteiger charge is -2.39. The van der Waals surface area contributed by atoms with E-state index in [1.54, 1.807) is 0 Å². The van der Waals surface area contributed by atoms with Gasteiger partial charge < -0.3 is 5.73 Å². The Kier molecular flexibility index (Phi) is 2.34. The first kappa shape index (κ1) is 10.6. The van der Waals surface area contributed by atoms with Gasteiger partial charge in [-0.25, -0.2) is 0 Å². The maximum absolute atomic E-state index is 11.9. The molecule has 1 heterocycles. The Morgan fingerprint density at radius 1 is 1.27 bits per heavy atom. The van der Waals surface area contributed by atoms with Gasteiger partial charge in [0.1, 0.15) is 0 Å². The van der Waals surface area contributed by atoms with Gasteiger partial charge in [0.15, 0.2) is 0 Å². The topological polar surface area (TPSA) is 63.4 Å². The number of carbonyl (C=O) groups is 2. The molecule has 2 amide bonds. The van der Waals surface area contributed by atoms with Crippen LogP contribution in [0.5, 0.6) is 0 Å². The summed E-state index contributed by atoms with van der Waals surface area (Å²) in [5.41, 5.74) is 5.32. The Hall–Kier alpha value is -0.900. The van der Waals surface area contributed by atoms with E-state index in [0.29, 0.717) is 6.54 Å². The number of hydrogen-bond acceptors (Lipinski definition) is 3. The van der Waals surface area contributed by atoms with E-state index in [1.807, 2.05) is 13.8 Å². The molecular weight excluding hydrogens is 192 g/mol. The summed E-state index contributed by atoms with van der Waals surface area (Å²) in [4.78, 5) is 25.3. The average molecular weight is 210 g/mol. The fourth-order valence-electron chi connectivity index (χ4n) is 2.59. The van der Waals surface area contributed by atoms with Crippen LogP contribution in [0.2, 0.25) is 0 Å². The fourth-order valence-corrected chi connectivity index (χ4v) is 2.59. The number of likely N-dealkylation sites (tertiary alicyclic amines) is 1. The van der Waals surface area contributed by atoms with E-state index in [9.17, 15) is 9.59 Å². The van der Waals surface area contributed by atoms with Crippen molar-refractivity contribution in [2.75, 3.05) is 6.54 Å². The molecule has 2 unspecified atom stereocenters. The van der Waals surface area contributed by atoms with E-state index in [0.717, 1.165) is 19.3 Å². The Morgan fingerprint density at radius 3 is 2.07 bits per heavy atom. The van der Waals surface area contributed by atoms with Gasteiger partial charge in [0.05, 0.1) is 17.4 Å². The molecule has 84 valence electrons. The van der Waals surface area contributed by atoms with Crippen molar-refractivity contribution in [3.8, 4) is 0 Å². The number of fused-ring (bicyclic) bond motifs is 1. The molecule has 1 aliphatic carbocycles. The predicted molar refractivity (Wildman–Crippen MR) is 55.8 cm³/mol. The molecule has 0 spiro atoms. The summed E-state index contributed by atoms with van der Waals surface area (Å²) in [6, 6.07) is 0. The minimum absolute atomic E-state index is 0.0125. The second-order valence-electron chi connectivity index (χ2n) is 4.60. The standard InChI is InChI=1S/C11H18N2O2/c1-3-11(4-2,6-12)13-9(14)7-5-8(7)10(13)15/h7-8H,3-6,12H2,1-2H3. The summed E-state index contributed by atoms with van der Waals surface area (Å²) in [6.07, 6.45) is 2.26. The van der Waals surface area contributed by atoms with Crippen LogP contribution in [0, 0.1) is 11.8 Å². The van der Waals surface area contributed by atoms with Gasteiger partial charge in [0.25, 0.3) is 0 Å². The van der Waals surface area contributed by atoms with Crippen LogP contribution in [0.15, 0.2) is 0 Å². The third-order valence-electron chi connectivity index (χ3n) is 4.04. The van der Waals surface area contributed by atoms with Crippen molar-refractivity contribution in [1.82, 2.24) is 4.90 Å². The van der Waals surface area contributed by atoms with Crippen molar-refractivity contribution in [3.05, 3.63) is 0 Å². The number of carbonyl (C=O) groups excluding carboxylic acids is 2. The second kappa shape index (κ2) is 3.30. The van der Waals surface area contributed by atoms with Crippen LogP contribution in [0.1, 0.15) is 33.1 Å². The average Bonchev–Trinajstić information content (AvgIpc) is 3.00. The minimum atomic E-state index is -0.429. The first-order valence-corrected chi connectivity index (χ1v) is 5.69. The normalized spacial score (nSPS) is 29.7. The van der Waals surface area contributed by atoms with Gasteiger partial charge in [-0.1, -0.05) is 13.8 Å². The summed E-state index contributed by atoms with van der Waals surface area (Å²) in [5.74, 6) is 0.00125. The lowest BCUT2D eigenvalue weighted by atomic mass is 9.90. The summed E-state index contributed by atoms with van der Waals surface area (Å²) < 4.78 is 0. The Labute approximate surface area is 89.8 Å². The number of nitrogens with two attached hydrogens (primary N) is 1. The van der Waals surface area contributed by atoms with E-state index >= 15 is 0 Å². The first-order chi connectivity index (χ1) is 7.11. The van der Waals surface area contributed by atoms with Crippen LogP contribution < -0.4 is 5.73 Å². The molecule has 4 heteroatoms. The number of imide groups is 1. The molecular formula is C11H18N2O2. The predicted octanol–water partition coefficient (Wildman–Crippen LogP) is 0.509. The van der Waals surface area contributed by atoms with Crippen molar-refractivity contribution >= 4 is 11.8 Å². The van der Waals surface area contributed by atoms with E-state index in [1.165, 1.54) is 4.90 Å². The van der Waals surface area contributed by atoms with E-state index in [4.69, 9.17) is 5.73 Å². The molecule has 4 nitrogen and oxygen atoms in total. The van der Waals surface area contributed by atoms with Crippen LogP contribution in [0.3, 0.4) is 0 Å². The molecule has 0 aromatic heterocycles. The van der Waals surface area contributed by atoms with Gasteiger partial charge in [-0.15, -0.1) is 0 Å². The molecule has 0 bridgehead atoms. The van der Waals surface area contributed by atoms with Crippen LogP contribution in [0.25, 0.3) is 0 Å². The smallest absolute Gasteiger partial charge is 0.233 e. The molecule has 2 rings (SSSR count). The highest BCUT2D eigenvalue weighted by molar-refractivity contribution is 6.09. The Bertz CT molecular complexity index is 281. The summed E-state index contributed by atoms with van der Waals surface area (Å²) in [6.45, 7) is 4.35.